The van der Waals surface area contributed by atoms with Gasteiger partial charge in [-0.1, -0.05) is 35.0 Å². The first-order chi connectivity index (χ1) is 10.1. The standard InChI is InChI=1S/C16H15BrN2O2/c1-2-14(13-5-3-4-6-15(13)20)18-19-16(21)11-7-9-12(17)10-8-11/h3-10,20H,2H2,1H3,(H,19,21)/b18-14+. The van der Waals surface area contributed by atoms with E-state index in [9.17, 15) is 9.90 Å². The normalized spacial score (nSPS) is 11.2. The largest absolute Gasteiger partial charge is 0.507 e. The van der Waals surface area contributed by atoms with Crippen molar-refractivity contribution in [2.45, 2.75) is 13.3 Å². The third-order valence-corrected chi connectivity index (χ3v) is 3.48. The van der Waals surface area contributed by atoms with Crippen LogP contribution in [0.3, 0.4) is 0 Å². The van der Waals surface area contributed by atoms with Crippen LogP contribution in [0.2, 0.25) is 0 Å². The first-order valence-corrected chi connectivity index (χ1v) is 7.32. The molecule has 2 aromatic rings. The van der Waals surface area contributed by atoms with E-state index in [-0.39, 0.29) is 11.7 Å². The molecule has 0 aliphatic rings. The van der Waals surface area contributed by atoms with E-state index < -0.39 is 0 Å². The fourth-order valence-electron chi connectivity index (χ4n) is 1.83. The van der Waals surface area contributed by atoms with Crippen LogP contribution in [-0.2, 0) is 0 Å². The maximum Gasteiger partial charge on any atom is 0.271 e. The molecule has 2 aromatic carbocycles. The Morgan fingerprint density at radius 1 is 1.19 bits per heavy atom. The number of nitrogens with zero attached hydrogens (tertiary/aromatic N) is 1. The van der Waals surface area contributed by atoms with Crippen LogP contribution in [0.15, 0.2) is 58.1 Å². The zero-order chi connectivity index (χ0) is 15.2. The lowest BCUT2D eigenvalue weighted by Crippen LogP contribution is -2.19. The Hall–Kier alpha value is -2.14. The number of rotatable bonds is 4. The summed E-state index contributed by atoms with van der Waals surface area (Å²) in [5.74, 6) is -0.139. The van der Waals surface area contributed by atoms with E-state index in [1.807, 2.05) is 13.0 Å². The number of para-hydroxylation sites is 1. The molecule has 2 rings (SSSR count). The minimum atomic E-state index is -0.288. The van der Waals surface area contributed by atoms with Gasteiger partial charge in [-0.15, -0.1) is 0 Å². The number of amides is 1. The lowest BCUT2D eigenvalue weighted by atomic mass is 10.1. The summed E-state index contributed by atoms with van der Waals surface area (Å²) in [7, 11) is 0. The van der Waals surface area contributed by atoms with Crippen LogP contribution in [0.1, 0.15) is 29.3 Å². The van der Waals surface area contributed by atoms with E-state index in [2.05, 4.69) is 26.5 Å². The second-order valence-corrected chi connectivity index (χ2v) is 5.29. The van der Waals surface area contributed by atoms with Crippen LogP contribution in [0.5, 0.6) is 5.75 Å². The van der Waals surface area contributed by atoms with Gasteiger partial charge in [0, 0.05) is 15.6 Å². The zero-order valence-corrected chi connectivity index (χ0v) is 13.1. The average Bonchev–Trinajstić information content (AvgIpc) is 2.50. The van der Waals surface area contributed by atoms with Gasteiger partial charge in [0.1, 0.15) is 5.75 Å². The first kappa shape index (κ1) is 15.3. The molecule has 0 atom stereocenters. The third kappa shape index (κ3) is 3.92. The summed E-state index contributed by atoms with van der Waals surface area (Å²) >= 11 is 3.32. The van der Waals surface area contributed by atoms with E-state index in [1.54, 1.807) is 42.5 Å². The SMILES string of the molecule is CC/C(=N\NC(=O)c1ccc(Br)cc1)c1ccccc1O. The van der Waals surface area contributed by atoms with Gasteiger partial charge in [-0.3, -0.25) is 4.79 Å². The molecule has 1 amide bonds. The number of nitrogens with one attached hydrogen (secondary N) is 1. The Bertz CT molecular complexity index is 666. The van der Waals surface area contributed by atoms with E-state index in [0.29, 0.717) is 23.3 Å². The topological polar surface area (TPSA) is 61.7 Å². The van der Waals surface area contributed by atoms with Gasteiger partial charge in [0.05, 0.1) is 5.71 Å². The number of phenols is 1. The highest BCUT2D eigenvalue weighted by atomic mass is 79.9. The van der Waals surface area contributed by atoms with Gasteiger partial charge >= 0.3 is 0 Å². The molecule has 0 aliphatic carbocycles. The number of hydrogen-bond acceptors (Lipinski definition) is 3. The molecule has 0 aromatic heterocycles. The van der Waals surface area contributed by atoms with Crippen molar-refractivity contribution in [1.29, 1.82) is 0 Å². The lowest BCUT2D eigenvalue weighted by Gasteiger charge is -2.07. The fourth-order valence-corrected chi connectivity index (χ4v) is 2.10. The van der Waals surface area contributed by atoms with Crippen molar-refractivity contribution in [3.05, 3.63) is 64.1 Å². The summed E-state index contributed by atoms with van der Waals surface area (Å²) in [6.07, 6.45) is 0.595. The lowest BCUT2D eigenvalue weighted by molar-refractivity contribution is 0.0954. The van der Waals surface area contributed by atoms with Crippen LogP contribution in [-0.4, -0.2) is 16.7 Å². The maximum absolute atomic E-state index is 12.0. The molecule has 0 heterocycles. The van der Waals surface area contributed by atoms with Crippen LogP contribution < -0.4 is 5.43 Å². The summed E-state index contributed by atoms with van der Waals surface area (Å²) in [6, 6.07) is 13.9. The Kier molecular flexibility index (Phi) is 5.11. The summed E-state index contributed by atoms with van der Waals surface area (Å²) < 4.78 is 0.908. The van der Waals surface area contributed by atoms with Crippen molar-refractivity contribution in [2.75, 3.05) is 0 Å². The van der Waals surface area contributed by atoms with Crippen molar-refractivity contribution in [2.24, 2.45) is 5.10 Å². The number of halogens is 1. The molecule has 108 valence electrons. The molecule has 5 heteroatoms. The zero-order valence-electron chi connectivity index (χ0n) is 11.5. The monoisotopic (exact) mass is 346 g/mol. The molecule has 0 bridgehead atoms. The molecule has 0 radical (unpaired) electrons. The van der Waals surface area contributed by atoms with Crippen molar-refractivity contribution in [1.82, 2.24) is 5.43 Å². The smallest absolute Gasteiger partial charge is 0.271 e. The highest BCUT2D eigenvalue weighted by Gasteiger charge is 2.08. The van der Waals surface area contributed by atoms with Gasteiger partial charge in [-0.25, -0.2) is 5.43 Å². The summed E-state index contributed by atoms with van der Waals surface area (Å²) in [4.78, 5) is 12.0. The van der Waals surface area contributed by atoms with Gasteiger partial charge in [0.15, 0.2) is 0 Å². The number of phenolic OH excluding ortho intramolecular Hbond substituents is 1. The van der Waals surface area contributed by atoms with Crippen LogP contribution >= 0.6 is 15.9 Å². The second kappa shape index (κ2) is 7.04. The summed E-state index contributed by atoms with van der Waals surface area (Å²) in [5.41, 5.74) is 4.29. The fraction of sp³-hybridized carbons (Fsp3) is 0.125. The Labute approximate surface area is 131 Å². The van der Waals surface area contributed by atoms with Crippen molar-refractivity contribution in [3.8, 4) is 5.75 Å². The minimum Gasteiger partial charge on any atom is -0.507 e. The van der Waals surface area contributed by atoms with Crippen LogP contribution in [0, 0.1) is 0 Å². The van der Waals surface area contributed by atoms with E-state index in [1.165, 1.54) is 0 Å². The number of benzene rings is 2. The highest BCUT2D eigenvalue weighted by molar-refractivity contribution is 9.10. The molecule has 21 heavy (non-hydrogen) atoms. The predicted molar refractivity (Wildman–Crippen MR) is 86.5 cm³/mol. The summed E-state index contributed by atoms with van der Waals surface area (Å²) in [5, 5.41) is 13.9. The Morgan fingerprint density at radius 2 is 1.86 bits per heavy atom. The Morgan fingerprint density at radius 3 is 2.48 bits per heavy atom. The summed E-state index contributed by atoms with van der Waals surface area (Å²) in [6.45, 7) is 1.91. The van der Waals surface area contributed by atoms with Gasteiger partial charge in [0.25, 0.3) is 5.91 Å². The molecular weight excluding hydrogens is 332 g/mol. The molecule has 0 saturated carbocycles. The van der Waals surface area contributed by atoms with Crippen molar-refractivity contribution < 1.29 is 9.90 Å². The number of hydrogen-bond donors (Lipinski definition) is 2. The molecule has 0 spiro atoms. The maximum atomic E-state index is 12.0. The number of carbonyl (C=O) groups excluding carboxylic acids is 1. The van der Waals surface area contributed by atoms with E-state index in [4.69, 9.17) is 0 Å². The average molecular weight is 347 g/mol. The predicted octanol–water partition coefficient (Wildman–Crippen LogP) is 3.70. The quantitative estimate of drug-likeness (QED) is 0.654. The molecule has 0 fully saturated rings. The molecule has 0 aliphatic heterocycles. The minimum absolute atomic E-state index is 0.149. The molecular formula is C16H15BrN2O2. The molecule has 0 unspecified atom stereocenters. The molecule has 0 saturated heterocycles. The van der Waals surface area contributed by atoms with Crippen LogP contribution in [0.25, 0.3) is 0 Å². The molecule has 2 N–H and O–H groups in total. The van der Waals surface area contributed by atoms with E-state index in [0.717, 1.165) is 4.47 Å². The highest BCUT2D eigenvalue weighted by Crippen LogP contribution is 2.18. The van der Waals surface area contributed by atoms with Gasteiger partial charge in [-0.2, -0.15) is 5.10 Å². The van der Waals surface area contributed by atoms with E-state index >= 15 is 0 Å². The number of aromatic hydroxyl groups is 1. The van der Waals surface area contributed by atoms with Crippen molar-refractivity contribution >= 4 is 27.5 Å². The number of carbonyl (C=O) groups is 1. The first-order valence-electron chi connectivity index (χ1n) is 6.52. The second-order valence-electron chi connectivity index (χ2n) is 4.38. The van der Waals surface area contributed by atoms with Crippen LogP contribution in [0.4, 0.5) is 0 Å². The number of hydrazone groups is 1. The molecule has 4 nitrogen and oxygen atoms in total. The van der Waals surface area contributed by atoms with Gasteiger partial charge < -0.3 is 5.11 Å². The van der Waals surface area contributed by atoms with Crippen molar-refractivity contribution in [3.63, 3.8) is 0 Å². The van der Waals surface area contributed by atoms with Gasteiger partial charge in [-0.05, 0) is 42.8 Å². The Balaban J connectivity index is 2.16. The van der Waals surface area contributed by atoms with Gasteiger partial charge in [0.2, 0.25) is 0 Å². The third-order valence-electron chi connectivity index (χ3n) is 2.95.